The minimum Gasteiger partial charge on any atom is -0.342 e. The Balaban J connectivity index is 1.76. The third-order valence-corrected chi connectivity index (χ3v) is 6.47. The van der Waals surface area contributed by atoms with E-state index in [9.17, 15) is 4.79 Å². The molecule has 0 saturated carbocycles. The lowest BCUT2D eigenvalue weighted by molar-refractivity contribution is -0.130. The molecule has 1 aliphatic heterocycles. The summed E-state index contributed by atoms with van der Waals surface area (Å²) in [6.45, 7) is 5.33. The van der Waals surface area contributed by atoms with Crippen LogP contribution in [-0.2, 0) is 4.79 Å². The van der Waals surface area contributed by atoms with Gasteiger partial charge in [0, 0.05) is 23.7 Å². The molecule has 0 spiro atoms. The van der Waals surface area contributed by atoms with Crippen LogP contribution in [0.15, 0.2) is 59.8 Å². The smallest absolute Gasteiger partial charge is 0.238 e. The largest absolute Gasteiger partial charge is 0.342 e. The van der Waals surface area contributed by atoms with Crippen LogP contribution in [0.4, 0.5) is 0 Å². The maximum atomic E-state index is 13.3. The number of nitrogens with one attached hydrogen (secondary N) is 1. The van der Waals surface area contributed by atoms with Crippen molar-refractivity contribution in [3.05, 3.63) is 65.2 Å². The van der Waals surface area contributed by atoms with E-state index in [-0.39, 0.29) is 17.2 Å². The molecule has 1 aromatic heterocycles. The van der Waals surface area contributed by atoms with Gasteiger partial charge in [-0.25, -0.2) is 4.68 Å². The molecule has 8 heteroatoms. The first kappa shape index (κ1) is 19.8. The quantitative estimate of drug-likeness (QED) is 0.660. The van der Waals surface area contributed by atoms with Crippen LogP contribution in [0.5, 0.6) is 0 Å². The number of hydrogen-bond acceptors (Lipinski definition) is 5. The second-order valence-corrected chi connectivity index (χ2v) is 8.26. The van der Waals surface area contributed by atoms with Gasteiger partial charge in [0.25, 0.3) is 0 Å². The minimum atomic E-state index is -0.351. The van der Waals surface area contributed by atoms with Gasteiger partial charge in [-0.05, 0) is 31.5 Å². The Kier molecular flexibility index (Phi) is 5.78. The normalized spacial score (nSPS) is 18.0. The molecule has 0 bridgehead atoms. The number of carbonyl (C=O) groups excluding carboxylic acids is 1. The molecule has 1 amide bonds. The van der Waals surface area contributed by atoms with E-state index < -0.39 is 0 Å². The Hall–Kier alpha value is -2.51. The van der Waals surface area contributed by atoms with Crippen molar-refractivity contribution >= 4 is 29.3 Å². The highest BCUT2D eigenvalue weighted by Gasteiger charge is 2.39. The van der Waals surface area contributed by atoms with Crippen LogP contribution < -0.4 is 5.43 Å². The topological polar surface area (TPSA) is 63.1 Å². The summed E-state index contributed by atoms with van der Waals surface area (Å²) in [6, 6.07) is 17.3. The first-order valence-electron chi connectivity index (χ1n) is 9.60. The van der Waals surface area contributed by atoms with Crippen molar-refractivity contribution in [2.45, 2.75) is 30.3 Å². The zero-order valence-corrected chi connectivity index (χ0v) is 17.8. The second-order valence-electron chi connectivity index (χ2n) is 6.71. The van der Waals surface area contributed by atoms with E-state index in [1.807, 2.05) is 78.0 Å². The molecule has 1 N–H and O–H groups in total. The number of rotatable bonds is 5. The molecule has 0 aliphatic carbocycles. The lowest BCUT2D eigenvalue weighted by atomic mass is 10.0. The molecule has 1 aliphatic rings. The molecule has 0 unspecified atom stereocenters. The van der Waals surface area contributed by atoms with Gasteiger partial charge in [0.05, 0.1) is 6.04 Å². The van der Waals surface area contributed by atoms with Gasteiger partial charge in [0.1, 0.15) is 5.25 Å². The number of benzene rings is 2. The van der Waals surface area contributed by atoms with Crippen molar-refractivity contribution in [1.29, 1.82) is 0 Å². The van der Waals surface area contributed by atoms with Gasteiger partial charge in [-0.2, -0.15) is 0 Å². The van der Waals surface area contributed by atoms with Gasteiger partial charge in [0.2, 0.25) is 11.1 Å². The summed E-state index contributed by atoms with van der Waals surface area (Å²) in [5, 5.41) is 9.71. The molecule has 0 radical (unpaired) electrons. The van der Waals surface area contributed by atoms with E-state index in [0.29, 0.717) is 23.3 Å². The van der Waals surface area contributed by atoms with Crippen molar-refractivity contribution in [3.63, 3.8) is 0 Å². The van der Waals surface area contributed by atoms with Crippen LogP contribution in [0.25, 0.3) is 11.4 Å². The highest BCUT2D eigenvalue weighted by Crippen LogP contribution is 2.39. The van der Waals surface area contributed by atoms with Crippen molar-refractivity contribution in [3.8, 4) is 11.4 Å². The fourth-order valence-electron chi connectivity index (χ4n) is 3.45. The van der Waals surface area contributed by atoms with Crippen LogP contribution >= 0.6 is 23.4 Å². The number of amides is 1. The van der Waals surface area contributed by atoms with Gasteiger partial charge in [-0.3, -0.25) is 4.79 Å². The van der Waals surface area contributed by atoms with Crippen molar-refractivity contribution in [1.82, 2.24) is 19.8 Å². The first-order valence-corrected chi connectivity index (χ1v) is 10.9. The third-order valence-electron chi connectivity index (χ3n) is 5.02. The summed E-state index contributed by atoms with van der Waals surface area (Å²) in [7, 11) is 0. The highest BCUT2D eigenvalue weighted by molar-refractivity contribution is 8.00. The summed E-state index contributed by atoms with van der Waals surface area (Å²) in [6.07, 6.45) is 0. The number of hydrogen-bond donors (Lipinski definition) is 1. The van der Waals surface area contributed by atoms with Gasteiger partial charge >= 0.3 is 0 Å². The Morgan fingerprint density at radius 2 is 1.79 bits per heavy atom. The van der Waals surface area contributed by atoms with E-state index in [0.717, 1.165) is 17.0 Å². The molecule has 4 rings (SSSR count). The predicted molar refractivity (Wildman–Crippen MR) is 117 cm³/mol. The SMILES string of the molecule is CCN(CC)C(=O)[C@@H]1Sc2nnc(-c3ccccc3)n2N[C@H]1c1ccc(Cl)cc1. The van der Waals surface area contributed by atoms with Gasteiger partial charge in [-0.15, -0.1) is 10.2 Å². The zero-order valence-electron chi connectivity index (χ0n) is 16.2. The summed E-state index contributed by atoms with van der Waals surface area (Å²) < 4.78 is 1.88. The maximum Gasteiger partial charge on any atom is 0.238 e. The molecule has 2 heterocycles. The summed E-state index contributed by atoms with van der Waals surface area (Å²) in [5.41, 5.74) is 5.45. The fourth-order valence-corrected chi connectivity index (χ4v) is 4.74. The van der Waals surface area contributed by atoms with E-state index in [4.69, 9.17) is 11.6 Å². The van der Waals surface area contributed by atoms with E-state index in [1.165, 1.54) is 11.8 Å². The van der Waals surface area contributed by atoms with E-state index in [1.54, 1.807) is 0 Å². The standard InChI is InChI=1S/C21H22ClN5OS/c1-3-26(4-2)20(28)18-17(14-10-12-16(22)13-11-14)25-27-19(23-24-21(27)29-18)15-8-6-5-7-9-15/h5-13,17-18,25H,3-4H2,1-2H3/t17-,18+/m0/s1. The highest BCUT2D eigenvalue weighted by atomic mass is 35.5. The molecule has 3 aromatic rings. The van der Waals surface area contributed by atoms with Gasteiger partial charge in [-0.1, -0.05) is 65.8 Å². The van der Waals surface area contributed by atoms with Crippen molar-refractivity contribution < 1.29 is 4.79 Å². The van der Waals surface area contributed by atoms with Gasteiger partial charge in [0.15, 0.2) is 5.82 Å². The maximum absolute atomic E-state index is 13.3. The summed E-state index contributed by atoms with van der Waals surface area (Å²) >= 11 is 7.54. The Bertz CT molecular complexity index is 988. The Morgan fingerprint density at radius 1 is 1.10 bits per heavy atom. The lowest BCUT2D eigenvalue weighted by Gasteiger charge is -2.35. The molecule has 0 fully saturated rings. The molecule has 6 nitrogen and oxygen atoms in total. The summed E-state index contributed by atoms with van der Waals surface area (Å²) in [4.78, 5) is 15.1. The average Bonchev–Trinajstić information content (AvgIpc) is 3.18. The van der Waals surface area contributed by atoms with E-state index >= 15 is 0 Å². The number of halogens is 1. The third kappa shape index (κ3) is 3.84. The van der Waals surface area contributed by atoms with Gasteiger partial charge < -0.3 is 10.3 Å². The minimum absolute atomic E-state index is 0.0861. The van der Waals surface area contributed by atoms with Crippen molar-refractivity contribution in [2.75, 3.05) is 18.5 Å². The second kappa shape index (κ2) is 8.47. The number of carbonyl (C=O) groups is 1. The number of thioether (sulfide) groups is 1. The van der Waals surface area contributed by atoms with Crippen LogP contribution in [0.1, 0.15) is 25.5 Å². The molecule has 150 valence electrons. The van der Waals surface area contributed by atoms with Crippen LogP contribution in [0, 0.1) is 0 Å². The monoisotopic (exact) mass is 427 g/mol. The van der Waals surface area contributed by atoms with E-state index in [2.05, 4.69) is 15.6 Å². The average molecular weight is 428 g/mol. The number of fused-ring (bicyclic) bond motifs is 1. The molecular weight excluding hydrogens is 406 g/mol. The lowest BCUT2D eigenvalue weighted by Crippen LogP contribution is -2.46. The van der Waals surface area contributed by atoms with Crippen molar-refractivity contribution in [2.24, 2.45) is 0 Å². The zero-order chi connectivity index (χ0) is 20.4. The molecule has 2 atom stereocenters. The van der Waals surface area contributed by atoms with Crippen LogP contribution in [-0.4, -0.2) is 44.0 Å². The molecule has 29 heavy (non-hydrogen) atoms. The number of nitrogens with zero attached hydrogens (tertiary/aromatic N) is 4. The fraction of sp³-hybridized carbons (Fsp3) is 0.286. The molecular formula is C21H22ClN5OS. The molecule has 2 aromatic carbocycles. The Morgan fingerprint density at radius 3 is 2.45 bits per heavy atom. The molecule has 0 saturated heterocycles. The first-order chi connectivity index (χ1) is 14.1. The Labute approximate surface area is 179 Å². The predicted octanol–water partition coefficient (Wildman–Crippen LogP) is 4.23. The van der Waals surface area contributed by atoms with Crippen LogP contribution in [0.3, 0.4) is 0 Å². The van der Waals surface area contributed by atoms with Crippen LogP contribution in [0.2, 0.25) is 5.02 Å². The summed E-state index contributed by atoms with van der Waals surface area (Å²) in [5.74, 6) is 0.809. The number of aromatic nitrogens is 3.